The summed E-state index contributed by atoms with van der Waals surface area (Å²) >= 11 is 0. The maximum Gasteiger partial charge on any atom is 0.336 e. The van der Waals surface area contributed by atoms with Crippen molar-refractivity contribution in [1.29, 1.82) is 0 Å². The van der Waals surface area contributed by atoms with E-state index in [0.717, 1.165) is 0 Å². The van der Waals surface area contributed by atoms with Crippen LogP contribution in [0.4, 0.5) is 0 Å². The topological polar surface area (TPSA) is 248 Å². The molecule has 10 N–H and O–H groups in total. The van der Waals surface area contributed by atoms with E-state index in [2.05, 4.69) is 0 Å². The number of aliphatic hydroxyl groups is 1. The highest BCUT2D eigenvalue weighted by atomic mass is 32.2. The van der Waals surface area contributed by atoms with Crippen molar-refractivity contribution < 1.29 is 47.8 Å². The van der Waals surface area contributed by atoms with Crippen molar-refractivity contribution >= 4 is 28.0 Å². The van der Waals surface area contributed by atoms with Gasteiger partial charge in [0.2, 0.25) is 0 Å². The summed E-state index contributed by atoms with van der Waals surface area (Å²) in [6.45, 7) is -0.0289. The summed E-state index contributed by atoms with van der Waals surface area (Å²) in [6, 6.07) is 0. The van der Waals surface area contributed by atoms with E-state index in [1.165, 1.54) is 0 Å². The Bertz CT molecular complexity index is 444. The molecular formula is C8H18N2O10S. The highest BCUT2D eigenvalue weighted by molar-refractivity contribution is 7.85. The molecule has 0 aromatic carbocycles. The van der Waals surface area contributed by atoms with Gasteiger partial charge in [-0.25, -0.2) is 4.79 Å². The lowest BCUT2D eigenvalue weighted by atomic mass is 9.96. The van der Waals surface area contributed by atoms with Crippen LogP contribution in [-0.2, 0) is 24.5 Å². The van der Waals surface area contributed by atoms with Crippen LogP contribution in [0.1, 0.15) is 12.8 Å². The molecular weight excluding hydrogens is 316 g/mol. The lowest BCUT2D eigenvalue weighted by Gasteiger charge is -2.18. The zero-order valence-electron chi connectivity index (χ0n) is 10.8. The molecule has 0 atom stereocenters. The van der Waals surface area contributed by atoms with Crippen molar-refractivity contribution in [2.75, 3.05) is 12.3 Å². The summed E-state index contributed by atoms with van der Waals surface area (Å²) in [6.07, 6.45) is -2.29. The van der Waals surface area contributed by atoms with Crippen molar-refractivity contribution in [2.24, 2.45) is 5.73 Å². The van der Waals surface area contributed by atoms with Gasteiger partial charge in [0.05, 0.1) is 18.6 Å². The zero-order chi connectivity index (χ0) is 16.6. The molecule has 0 spiro atoms. The number of hydrogen-bond acceptors (Lipinski definition) is 8. The first-order valence-electron chi connectivity index (χ1n) is 4.88. The second-order valence-electron chi connectivity index (χ2n) is 3.55. The number of carbonyl (C=O) groups is 3. The minimum absolute atomic E-state index is 0. The van der Waals surface area contributed by atoms with E-state index in [9.17, 15) is 22.8 Å². The van der Waals surface area contributed by atoms with Crippen LogP contribution in [0.3, 0.4) is 0 Å². The number of hydrogen-bond donors (Lipinski definition) is 7. The Balaban J connectivity index is -0.000000347. The molecule has 0 aliphatic carbocycles. The van der Waals surface area contributed by atoms with E-state index in [1.807, 2.05) is 0 Å². The van der Waals surface area contributed by atoms with Gasteiger partial charge < -0.3 is 32.3 Å². The van der Waals surface area contributed by atoms with Gasteiger partial charge in [-0.05, 0) is 0 Å². The Hall–Kier alpha value is -1.80. The molecule has 126 valence electrons. The third-order valence-corrected chi connectivity index (χ3v) is 2.41. The van der Waals surface area contributed by atoms with Crippen LogP contribution < -0.4 is 11.9 Å². The monoisotopic (exact) mass is 334 g/mol. The lowest BCUT2D eigenvalue weighted by molar-refractivity contribution is -0.170. The molecule has 0 rings (SSSR count). The highest BCUT2D eigenvalue weighted by Crippen LogP contribution is 2.15. The van der Waals surface area contributed by atoms with Crippen LogP contribution in [0.5, 0.6) is 0 Å². The predicted molar refractivity (Wildman–Crippen MR) is 67.6 cm³/mol. The number of aliphatic carboxylic acids is 3. The summed E-state index contributed by atoms with van der Waals surface area (Å²) in [4.78, 5) is 30.5. The molecule has 0 heterocycles. The Labute approximate surface area is 119 Å². The zero-order valence-corrected chi connectivity index (χ0v) is 11.6. The molecule has 0 aromatic heterocycles. The van der Waals surface area contributed by atoms with Crippen LogP contribution in [0, 0.1) is 0 Å². The first kappa shape index (κ1) is 24.2. The van der Waals surface area contributed by atoms with Crippen LogP contribution in [-0.4, -0.2) is 69.2 Å². The first-order chi connectivity index (χ1) is 8.84. The summed E-state index contributed by atoms with van der Waals surface area (Å²) in [5, 5.41) is 33.8. The summed E-state index contributed by atoms with van der Waals surface area (Å²) in [5.41, 5.74) is 2.04. The Morgan fingerprint density at radius 3 is 1.43 bits per heavy atom. The summed E-state index contributed by atoms with van der Waals surface area (Å²) in [5.74, 6) is -5.37. The predicted octanol–water partition coefficient (Wildman–Crippen LogP) is -2.25. The SMILES string of the molecule is N.NCCS(=O)(=O)O.O=C(O)CC(O)(CC(=O)O)C(=O)O. The molecule has 0 fully saturated rings. The fourth-order valence-electron chi connectivity index (χ4n) is 0.863. The van der Waals surface area contributed by atoms with Crippen molar-refractivity contribution in [2.45, 2.75) is 18.4 Å². The van der Waals surface area contributed by atoms with Crippen molar-refractivity contribution in [3.05, 3.63) is 0 Å². The maximum absolute atomic E-state index is 10.3. The molecule has 0 aliphatic rings. The van der Waals surface area contributed by atoms with Gasteiger partial charge in [0.25, 0.3) is 10.1 Å². The summed E-state index contributed by atoms with van der Waals surface area (Å²) in [7, 11) is -3.80. The summed E-state index contributed by atoms with van der Waals surface area (Å²) < 4.78 is 27.3. The fraction of sp³-hybridized carbons (Fsp3) is 0.625. The van der Waals surface area contributed by atoms with Crippen molar-refractivity contribution in [3.63, 3.8) is 0 Å². The average Bonchev–Trinajstić information content (AvgIpc) is 2.12. The third-order valence-electron chi connectivity index (χ3n) is 1.66. The van der Waals surface area contributed by atoms with E-state index < -0.39 is 46.5 Å². The molecule has 0 aromatic rings. The molecule has 0 saturated carbocycles. The van der Waals surface area contributed by atoms with Crippen LogP contribution in [0.25, 0.3) is 0 Å². The molecule has 0 aliphatic heterocycles. The molecule has 13 heteroatoms. The standard InChI is InChI=1S/C6H8O7.C2H7NO3S.H3N/c7-3(8)1-6(13,5(11)12)2-4(9)10;3-1-2-7(4,5)6;/h13H,1-2H2,(H,7,8)(H,9,10)(H,11,12);1-3H2,(H,4,5,6);1H3. The van der Waals surface area contributed by atoms with Gasteiger partial charge in [0.1, 0.15) is 0 Å². The number of carboxylic acid groups (broad SMARTS) is 3. The molecule has 0 amide bonds. The normalized spacial score (nSPS) is 10.6. The second kappa shape index (κ2) is 10.0. The number of carboxylic acids is 3. The maximum atomic E-state index is 10.3. The molecule has 0 bridgehead atoms. The fourth-order valence-corrected chi connectivity index (χ4v) is 1.16. The van der Waals surface area contributed by atoms with E-state index in [1.54, 1.807) is 0 Å². The van der Waals surface area contributed by atoms with Gasteiger partial charge in [-0.1, -0.05) is 0 Å². The minimum Gasteiger partial charge on any atom is -0.481 e. The first-order valence-corrected chi connectivity index (χ1v) is 6.49. The molecule has 21 heavy (non-hydrogen) atoms. The lowest BCUT2D eigenvalue weighted by Crippen LogP contribution is -2.42. The second-order valence-corrected chi connectivity index (χ2v) is 5.12. The van der Waals surface area contributed by atoms with Crippen LogP contribution in [0.15, 0.2) is 0 Å². The van der Waals surface area contributed by atoms with E-state index in [0.29, 0.717) is 0 Å². The Morgan fingerprint density at radius 2 is 1.33 bits per heavy atom. The van der Waals surface area contributed by atoms with E-state index >= 15 is 0 Å². The van der Waals surface area contributed by atoms with Gasteiger partial charge in [-0.3, -0.25) is 14.1 Å². The van der Waals surface area contributed by atoms with Gasteiger partial charge in [0.15, 0.2) is 5.60 Å². The van der Waals surface area contributed by atoms with Gasteiger partial charge in [0, 0.05) is 6.54 Å². The number of nitrogens with two attached hydrogens (primary N) is 1. The quantitative estimate of drug-likeness (QED) is 0.244. The van der Waals surface area contributed by atoms with E-state index in [4.69, 9.17) is 30.7 Å². The minimum atomic E-state index is -3.80. The highest BCUT2D eigenvalue weighted by Gasteiger charge is 2.40. The van der Waals surface area contributed by atoms with Crippen LogP contribution >= 0.6 is 0 Å². The number of rotatable bonds is 7. The van der Waals surface area contributed by atoms with Crippen molar-refractivity contribution in [1.82, 2.24) is 6.15 Å². The smallest absolute Gasteiger partial charge is 0.336 e. The Kier molecular flexibility index (Phi) is 11.5. The van der Waals surface area contributed by atoms with E-state index in [-0.39, 0.29) is 18.4 Å². The average molecular weight is 334 g/mol. The Morgan fingerprint density at radius 1 is 1.00 bits per heavy atom. The molecule has 0 saturated heterocycles. The van der Waals surface area contributed by atoms with Gasteiger partial charge >= 0.3 is 17.9 Å². The largest absolute Gasteiger partial charge is 0.481 e. The molecule has 12 nitrogen and oxygen atoms in total. The van der Waals surface area contributed by atoms with Gasteiger partial charge in [-0.2, -0.15) is 8.42 Å². The van der Waals surface area contributed by atoms with Crippen LogP contribution in [0.2, 0.25) is 0 Å². The molecule has 0 unspecified atom stereocenters. The van der Waals surface area contributed by atoms with Crippen molar-refractivity contribution in [3.8, 4) is 0 Å². The third kappa shape index (κ3) is 14.4. The van der Waals surface area contributed by atoms with Gasteiger partial charge in [-0.15, -0.1) is 0 Å². The molecule has 0 radical (unpaired) electrons.